The first-order chi connectivity index (χ1) is 13.8. The monoisotopic (exact) mass is 378 g/mol. The van der Waals surface area contributed by atoms with Crippen LogP contribution in [0.4, 0.5) is 4.79 Å². The maximum absolute atomic E-state index is 13.3. The van der Waals surface area contributed by atoms with E-state index in [4.69, 9.17) is 4.74 Å². The lowest BCUT2D eigenvalue weighted by Gasteiger charge is -2.39. The molecule has 1 fully saturated rings. The van der Waals surface area contributed by atoms with Gasteiger partial charge in [-0.05, 0) is 48.4 Å². The normalized spacial score (nSPS) is 24.5. The number of carbonyl (C=O) groups is 1. The van der Waals surface area contributed by atoms with Crippen molar-refractivity contribution < 1.29 is 9.53 Å². The minimum Gasteiger partial charge on any atom is -0.444 e. The summed E-state index contributed by atoms with van der Waals surface area (Å²) < 4.78 is 6.09. The standard InChI is InChI=1S/C24H30N2O2/c1-2-8-19-13-15-25-17-22(19)28-24(27)26-16-14-18-9-6-7-12-21(18)23(26)20-10-4-3-5-11-20/h3-7,9-12,19,22-23,25H,2,8,13-17H2,1H3/t19?,22-,23-/m0/s1. The number of fused-ring (bicyclic) bond motifs is 1. The Morgan fingerprint density at radius 3 is 2.75 bits per heavy atom. The van der Waals surface area contributed by atoms with Gasteiger partial charge in [0.2, 0.25) is 0 Å². The van der Waals surface area contributed by atoms with Crippen LogP contribution in [0.2, 0.25) is 0 Å². The van der Waals surface area contributed by atoms with E-state index in [9.17, 15) is 4.79 Å². The van der Waals surface area contributed by atoms with Crippen LogP contribution in [-0.4, -0.2) is 36.7 Å². The quantitative estimate of drug-likeness (QED) is 0.849. The molecule has 0 spiro atoms. The average Bonchev–Trinajstić information content (AvgIpc) is 2.75. The molecular formula is C24H30N2O2. The zero-order valence-electron chi connectivity index (χ0n) is 16.6. The molecule has 0 aromatic heterocycles. The summed E-state index contributed by atoms with van der Waals surface area (Å²) in [5.41, 5.74) is 3.67. The minimum absolute atomic E-state index is 0.0326. The predicted octanol–water partition coefficient (Wildman–Crippen LogP) is 4.55. The first-order valence-electron chi connectivity index (χ1n) is 10.6. The second-order valence-electron chi connectivity index (χ2n) is 7.92. The van der Waals surface area contributed by atoms with E-state index in [1.807, 2.05) is 23.1 Å². The molecule has 1 N–H and O–H groups in total. The smallest absolute Gasteiger partial charge is 0.410 e. The lowest BCUT2D eigenvalue weighted by molar-refractivity contribution is 0.0139. The highest BCUT2D eigenvalue weighted by molar-refractivity contribution is 5.70. The van der Waals surface area contributed by atoms with Gasteiger partial charge in [0.05, 0.1) is 6.04 Å². The van der Waals surface area contributed by atoms with E-state index in [1.165, 1.54) is 11.1 Å². The Kier molecular flexibility index (Phi) is 5.96. The highest BCUT2D eigenvalue weighted by Gasteiger charge is 2.35. The van der Waals surface area contributed by atoms with E-state index in [0.29, 0.717) is 12.5 Å². The van der Waals surface area contributed by atoms with Gasteiger partial charge in [0.1, 0.15) is 6.10 Å². The Labute approximate surface area is 167 Å². The van der Waals surface area contributed by atoms with Crippen LogP contribution in [0.1, 0.15) is 48.9 Å². The number of nitrogens with one attached hydrogen (secondary N) is 1. The SMILES string of the molecule is CCCC1CCNC[C@@H]1OC(=O)N1CCc2ccccc2[C@@H]1c1ccccc1. The molecule has 0 saturated carbocycles. The van der Waals surface area contributed by atoms with Crippen LogP contribution < -0.4 is 5.32 Å². The van der Waals surface area contributed by atoms with Gasteiger partial charge in [-0.1, -0.05) is 67.9 Å². The molecule has 0 bridgehead atoms. The van der Waals surface area contributed by atoms with Crippen LogP contribution >= 0.6 is 0 Å². The van der Waals surface area contributed by atoms with Gasteiger partial charge in [-0.2, -0.15) is 0 Å². The summed E-state index contributed by atoms with van der Waals surface area (Å²) in [6.07, 6.45) is 3.98. The van der Waals surface area contributed by atoms with Crippen LogP contribution in [0, 0.1) is 5.92 Å². The maximum Gasteiger partial charge on any atom is 0.410 e. The molecule has 4 rings (SSSR count). The summed E-state index contributed by atoms with van der Waals surface area (Å²) >= 11 is 0. The fraction of sp³-hybridized carbons (Fsp3) is 0.458. The second kappa shape index (κ2) is 8.78. The molecule has 1 unspecified atom stereocenters. The number of rotatable bonds is 4. The minimum atomic E-state index is -0.182. The number of ether oxygens (including phenoxy) is 1. The fourth-order valence-electron chi connectivity index (χ4n) is 4.68. The molecule has 0 aliphatic carbocycles. The summed E-state index contributed by atoms with van der Waals surface area (Å²) in [6.45, 7) is 4.67. The number of nitrogens with zero attached hydrogens (tertiary/aromatic N) is 1. The molecule has 2 aromatic rings. The number of benzene rings is 2. The fourth-order valence-corrected chi connectivity index (χ4v) is 4.68. The lowest BCUT2D eigenvalue weighted by Crippen LogP contribution is -2.47. The molecule has 4 nitrogen and oxygen atoms in total. The predicted molar refractivity (Wildman–Crippen MR) is 111 cm³/mol. The Bertz CT molecular complexity index is 790. The van der Waals surface area contributed by atoms with Crippen molar-refractivity contribution in [1.82, 2.24) is 10.2 Å². The molecule has 28 heavy (non-hydrogen) atoms. The topological polar surface area (TPSA) is 41.6 Å². The van der Waals surface area contributed by atoms with Gasteiger partial charge in [0.15, 0.2) is 0 Å². The third-order valence-corrected chi connectivity index (χ3v) is 6.11. The summed E-state index contributed by atoms with van der Waals surface area (Å²) in [4.78, 5) is 15.2. The number of piperidine rings is 1. The molecule has 2 aromatic carbocycles. The molecule has 0 radical (unpaired) electrons. The van der Waals surface area contributed by atoms with Crippen molar-refractivity contribution in [2.24, 2.45) is 5.92 Å². The van der Waals surface area contributed by atoms with Gasteiger partial charge in [-0.15, -0.1) is 0 Å². The number of hydrogen-bond donors (Lipinski definition) is 1. The van der Waals surface area contributed by atoms with Crippen molar-refractivity contribution in [3.8, 4) is 0 Å². The molecule has 148 valence electrons. The Hall–Kier alpha value is -2.33. The molecule has 2 heterocycles. The van der Waals surface area contributed by atoms with Crippen molar-refractivity contribution >= 4 is 6.09 Å². The number of amides is 1. The van der Waals surface area contributed by atoms with Gasteiger partial charge in [0.25, 0.3) is 0 Å². The maximum atomic E-state index is 13.3. The molecule has 3 atom stereocenters. The van der Waals surface area contributed by atoms with Crippen LogP contribution in [0.25, 0.3) is 0 Å². The third-order valence-electron chi connectivity index (χ3n) is 6.11. The van der Waals surface area contributed by atoms with Gasteiger partial charge in [-0.3, -0.25) is 4.90 Å². The zero-order valence-corrected chi connectivity index (χ0v) is 16.6. The molecule has 1 amide bonds. The first-order valence-corrected chi connectivity index (χ1v) is 10.6. The van der Waals surface area contributed by atoms with E-state index < -0.39 is 0 Å². The molecule has 1 saturated heterocycles. The molecular weight excluding hydrogens is 348 g/mol. The summed E-state index contributed by atoms with van der Waals surface area (Å²) in [5.74, 6) is 0.461. The first kappa shape index (κ1) is 19.0. The van der Waals surface area contributed by atoms with E-state index in [0.717, 1.165) is 44.3 Å². The number of hydrogen-bond acceptors (Lipinski definition) is 3. The second-order valence-corrected chi connectivity index (χ2v) is 7.92. The zero-order chi connectivity index (χ0) is 19.3. The Morgan fingerprint density at radius 1 is 1.14 bits per heavy atom. The van der Waals surface area contributed by atoms with Gasteiger partial charge >= 0.3 is 6.09 Å². The van der Waals surface area contributed by atoms with Crippen LogP contribution in [0.15, 0.2) is 54.6 Å². The van der Waals surface area contributed by atoms with Crippen molar-refractivity contribution in [1.29, 1.82) is 0 Å². The van der Waals surface area contributed by atoms with Gasteiger partial charge < -0.3 is 10.1 Å². The summed E-state index contributed by atoms with van der Waals surface area (Å²) in [7, 11) is 0. The van der Waals surface area contributed by atoms with Crippen molar-refractivity contribution in [3.63, 3.8) is 0 Å². The van der Waals surface area contributed by atoms with Crippen molar-refractivity contribution in [2.75, 3.05) is 19.6 Å². The van der Waals surface area contributed by atoms with E-state index in [2.05, 4.69) is 48.6 Å². The third kappa shape index (κ3) is 3.93. The van der Waals surface area contributed by atoms with Gasteiger partial charge in [-0.25, -0.2) is 4.79 Å². The Morgan fingerprint density at radius 2 is 1.93 bits per heavy atom. The molecule has 4 heteroatoms. The van der Waals surface area contributed by atoms with Crippen LogP contribution in [0.5, 0.6) is 0 Å². The molecule has 2 aliphatic rings. The van der Waals surface area contributed by atoms with E-state index in [1.54, 1.807) is 0 Å². The summed E-state index contributed by atoms with van der Waals surface area (Å²) in [5, 5.41) is 3.39. The highest BCUT2D eigenvalue weighted by Crippen LogP contribution is 2.36. The number of carbonyl (C=O) groups excluding carboxylic acids is 1. The highest BCUT2D eigenvalue weighted by atomic mass is 16.6. The van der Waals surface area contributed by atoms with E-state index in [-0.39, 0.29) is 18.2 Å². The van der Waals surface area contributed by atoms with Crippen LogP contribution in [-0.2, 0) is 11.2 Å². The average molecular weight is 379 g/mol. The largest absolute Gasteiger partial charge is 0.444 e. The lowest BCUT2D eigenvalue weighted by atomic mass is 9.88. The van der Waals surface area contributed by atoms with E-state index >= 15 is 0 Å². The van der Waals surface area contributed by atoms with Crippen molar-refractivity contribution in [3.05, 3.63) is 71.3 Å². The Balaban J connectivity index is 1.59. The molecule has 2 aliphatic heterocycles. The van der Waals surface area contributed by atoms with Gasteiger partial charge in [0, 0.05) is 13.1 Å². The van der Waals surface area contributed by atoms with Crippen LogP contribution in [0.3, 0.4) is 0 Å². The van der Waals surface area contributed by atoms with Crippen molar-refractivity contribution in [2.45, 2.75) is 44.8 Å². The summed E-state index contributed by atoms with van der Waals surface area (Å²) in [6, 6.07) is 18.7.